The van der Waals surface area contributed by atoms with Crippen LogP contribution in [0.15, 0.2) is 48.5 Å². The second-order valence-corrected chi connectivity index (χ2v) is 9.76. The Morgan fingerprint density at radius 1 is 1.00 bits per heavy atom. The first-order valence-corrected chi connectivity index (χ1v) is 12.6. The van der Waals surface area contributed by atoms with Crippen molar-refractivity contribution >= 4 is 11.6 Å². The van der Waals surface area contributed by atoms with Gasteiger partial charge in [-0.05, 0) is 24.5 Å². The third-order valence-corrected chi connectivity index (χ3v) is 7.44. The Kier molecular flexibility index (Phi) is 6.78. The maximum atomic E-state index is 14.9. The van der Waals surface area contributed by atoms with Gasteiger partial charge in [-0.25, -0.2) is 4.68 Å². The molecule has 1 aliphatic heterocycles. The maximum Gasteiger partial charge on any atom is 0.313 e. The Hall–Kier alpha value is -3.27. The molecule has 0 spiro atoms. The molecule has 2 aromatic carbocycles. The molecule has 0 atom stereocenters. The molecular formula is C27H29F4N5O. The number of alkyl halides is 4. The highest BCUT2D eigenvalue weighted by molar-refractivity contribution is 6.00. The van der Waals surface area contributed by atoms with Crippen molar-refractivity contribution < 1.29 is 22.4 Å². The van der Waals surface area contributed by atoms with Crippen molar-refractivity contribution in [1.29, 1.82) is 0 Å². The summed E-state index contributed by atoms with van der Waals surface area (Å²) in [6.07, 6.45) is 0.426. The number of amides is 1. The number of hydrogen-bond donors (Lipinski definition) is 1. The number of anilines is 1. The van der Waals surface area contributed by atoms with Crippen molar-refractivity contribution in [1.82, 2.24) is 15.0 Å². The van der Waals surface area contributed by atoms with Crippen molar-refractivity contribution in [2.75, 3.05) is 11.4 Å². The number of nitrogens with zero attached hydrogens (tertiary/aromatic N) is 4. The van der Waals surface area contributed by atoms with E-state index in [1.165, 1.54) is 4.68 Å². The Balaban J connectivity index is 1.56. The highest BCUT2D eigenvalue weighted by Gasteiger charge is 2.60. The Morgan fingerprint density at radius 3 is 2.41 bits per heavy atom. The predicted octanol–water partition coefficient (Wildman–Crippen LogP) is 5.66. The lowest BCUT2D eigenvalue weighted by atomic mass is 9.92. The molecule has 0 bridgehead atoms. The summed E-state index contributed by atoms with van der Waals surface area (Å²) in [6, 6.07) is 14.4. The number of para-hydroxylation sites is 1. The average molecular weight is 516 g/mol. The zero-order valence-corrected chi connectivity index (χ0v) is 20.3. The van der Waals surface area contributed by atoms with Crippen molar-refractivity contribution in [2.24, 2.45) is 11.7 Å². The fraction of sp³-hybridized carbons (Fsp3) is 0.444. The summed E-state index contributed by atoms with van der Waals surface area (Å²) in [7, 11) is 0. The highest BCUT2D eigenvalue weighted by atomic mass is 19.3. The zero-order valence-electron chi connectivity index (χ0n) is 20.3. The third-order valence-electron chi connectivity index (χ3n) is 7.44. The molecule has 6 nitrogen and oxygen atoms in total. The van der Waals surface area contributed by atoms with Crippen LogP contribution < -0.4 is 10.6 Å². The van der Waals surface area contributed by atoms with E-state index < -0.39 is 30.7 Å². The van der Waals surface area contributed by atoms with Gasteiger partial charge >= 0.3 is 11.8 Å². The van der Waals surface area contributed by atoms with Gasteiger partial charge in [-0.2, -0.15) is 17.6 Å². The first-order valence-electron chi connectivity index (χ1n) is 12.6. The predicted molar refractivity (Wildman–Crippen MR) is 132 cm³/mol. The summed E-state index contributed by atoms with van der Waals surface area (Å²) >= 11 is 0. The molecule has 196 valence electrons. The van der Waals surface area contributed by atoms with Crippen molar-refractivity contribution in [3.05, 3.63) is 54.1 Å². The molecule has 10 heteroatoms. The van der Waals surface area contributed by atoms with Crippen LogP contribution in [0.5, 0.6) is 0 Å². The highest BCUT2D eigenvalue weighted by Crippen LogP contribution is 2.49. The van der Waals surface area contributed by atoms with Crippen LogP contribution in [-0.4, -0.2) is 39.3 Å². The van der Waals surface area contributed by atoms with E-state index >= 15 is 0 Å². The molecule has 1 aliphatic carbocycles. The number of halogens is 4. The number of nitrogens with two attached hydrogens (primary N) is 1. The summed E-state index contributed by atoms with van der Waals surface area (Å²) in [4.78, 5) is 14.7. The Bertz CT molecular complexity index is 1290. The van der Waals surface area contributed by atoms with Gasteiger partial charge in [-0.3, -0.25) is 4.79 Å². The molecule has 0 saturated heterocycles. The number of carbonyl (C=O) groups excluding carboxylic acids is 1. The number of aryl methyl sites for hydroxylation is 1. The van der Waals surface area contributed by atoms with Crippen LogP contribution >= 0.6 is 0 Å². The van der Waals surface area contributed by atoms with E-state index in [1.54, 1.807) is 41.3 Å². The van der Waals surface area contributed by atoms with Crippen LogP contribution in [0.3, 0.4) is 0 Å². The van der Waals surface area contributed by atoms with Gasteiger partial charge in [0.2, 0.25) is 5.91 Å². The number of fused-ring (bicyclic) bond motifs is 5. The molecule has 5 rings (SSSR count). The fourth-order valence-electron chi connectivity index (χ4n) is 5.45. The number of rotatable bonds is 7. The molecule has 2 N–H and O–H groups in total. The molecule has 3 aromatic rings. The number of aromatic nitrogens is 3. The van der Waals surface area contributed by atoms with E-state index in [0.717, 1.165) is 5.56 Å². The normalized spacial score (nSPS) is 16.1. The molecule has 2 aliphatic rings. The Labute approximate surface area is 212 Å². The summed E-state index contributed by atoms with van der Waals surface area (Å²) in [5.41, 5.74) is 9.14. The molecule has 1 aromatic heterocycles. The average Bonchev–Trinajstić information content (AvgIpc) is 3.56. The van der Waals surface area contributed by atoms with Crippen LogP contribution in [0, 0.1) is 5.92 Å². The number of carbonyl (C=O) groups is 1. The minimum absolute atomic E-state index is 0.116. The molecule has 0 unspecified atom stereocenters. The molecule has 2 heterocycles. The van der Waals surface area contributed by atoms with Gasteiger partial charge in [-0.15, -0.1) is 5.10 Å². The van der Waals surface area contributed by atoms with Crippen LogP contribution in [0.4, 0.5) is 23.2 Å². The number of benzene rings is 2. The molecule has 1 amide bonds. The molecule has 37 heavy (non-hydrogen) atoms. The zero-order chi connectivity index (χ0) is 26.2. The lowest BCUT2D eigenvalue weighted by Gasteiger charge is -2.31. The lowest BCUT2D eigenvalue weighted by molar-refractivity contribution is -0.239. The standard InChI is InChI=1S/C27H29F4N5O/c28-26(29,27(30,31)19-8-2-3-9-19)14-16-36-25-20-10-4-1-7-18(20)17-35(23(37)13-15-32)22-12-6-5-11-21(22)24(25)33-34-36/h1,4-7,10-12,19H,2-3,8-9,13-17,32H2. The summed E-state index contributed by atoms with van der Waals surface area (Å²) in [6.45, 7) is -0.00318. The fourth-order valence-corrected chi connectivity index (χ4v) is 5.45. The monoisotopic (exact) mass is 515 g/mol. The van der Waals surface area contributed by atoms with Gasteiger partial charge in [0.25, 0.3) is 0 Å². The SMILES string of the molecule is NCCC(=O)N1Cc2ccccc2-c2c(nnn2CCC(F)(F)C(F)(F)C2CCCC2)-c2ccccc21. The van der Waals surface area contributed by atoms with E-state index in [0.29, 0.717) is 41.0 Å². The van der Waals surface area contributed by atoms with Gasteiger partial charge in [0, 0.05) is 43.0 Å². The second-order valence-electron chi connectivity index (χ2n) is 9.76. The van der Waals surface area contributed by atoms with Crippen molar-refractivity contribution in [3.8, 4) is 22.5 Å². The third kappa shape index (κ3) is 4.52. The molecule has 0 radical (unpaired) electrons. The van der Waals surface area contributed by atoms with Gasteiger partial charge in [0.15, 0.2) is 0 Å². The van der Waals surface area contributed by atoms with Crippen LogP contribution in [-0.2, 0) is 17.9 Å². The van der Waals surface area contributed by atoms with Crippen molar-refractivity contribution in [3.63, 3.8) is 0 Å². The molecular weight excluding hydrogens is 486 g/mol. The van der Waals surface area contributed by atoms with Gasteiger partial charge < -0.3 is 10.6 Å². The largest absolute Gasteiger partial charge is 0.330 e. The van der Waals surface area contributed by atoms with Gasteiger partial charge in [-0.1, -0.05) is 60.5 Å². The van der Waals surface area contributed by atoms with E-state index in [1.807, 2.05) is 12.1 Å². The maximum absolute atomic E-state index is 14.9. The van der Waals surface area contributed by atoms with Gasteiger partial charge in [0.05, 0.1) is 17.9 Å². The molecule has 1 saturated carbocycles. The number of hydrogen-bond acceptors (Lipinski definition) is 4. The van der Waals surface area contributed by atoms with E-state index in [4.69, 9.17) is 5.73 Å². The van der Waals surface area contributed by atoms with E-state index in [9.17, 15) is 22.4 Å². The van der Waals surface area contributed by atoms with E-state index in [2.05, 4.69) is 10.3 Å². The minimum atomic E-state index is -4.18. The van der Waals surface area contributed by atoms with Crippen LogP contribution in [0.1, 0.15) is 44.1 Å². The lowest BCUT2D eigenvalue weighted by Crippen LogP contribution is -2.46. The van der Waals surface area contributed by atoms with Crippen molar-refractivity contribution in [2.45, 2.75) is 63.5 Å². The van der Waals surface area contributed by atoms with Crippen LogP contribution in [0.2, 0.25) is 0 Å². The van der Waals surface area contributed by atoms with Crippen LogP contribution in [0.25, 0.3) is 22.5 Å². The van der Waals surface area contributed by atoms with E-state index in [-0.39, 0.29) is 38.3 Å². The summed E-state index contributed by atoms with van der Waals surface area (Å²) in [5.74, 6) is -9.71. The first-order chi connectivity index (χ1) is 17.7. The second kappa shape index (κ2) is 9.89. The first kappa shape index (κ1) is 25.4. The Morgan fingerprint density at radius 2 is 1.68 bits per heavy atom. The minimum Gasteiger partial charge on any atom is -0.330 e. The molecule has 1 fully saturated rings. The van der Waals surface area contributed by atoms with Gasteiger partial charge in [0.1, 0.15) is 5.69 Å². The topological polar surface area (TPSA) is 77.0 Å². The quantitative estimate of drug-likeness (QED) is 0.412. The summed E-state index contributed by atoms with van der Waals surface area (Å²) < 4.78 is 60.6. The summed E-state index contributed by atoms with van der Waals surface area (Å²) in [5, 5.41) is 8.43. The smallest absolute Gasteiger partial charge is 0.313 e.